The van der Waals surface area contributed by atoms with Gasteiger partial charge in [-0.05, 0) is 53.1 Å². The predicted octanol–water partition coefficient (Wildman–Crippen LogP) is 4.70. The summed E-state index contributed by atoms with van der Waals surface area (Å²) in [5.41, 5.74) is 4.06. The molecule has 0 aliphatic heterocycles. The number of allylic oxidation sites excluding steroid dienone is 2. The molecule has 3 unspecified atom stereocenters. The van der Waals surface area contributed by atoms with E-state index >= 15 is 0 Å². The lowest BCUT2D eigenvalue weighted by Crippen LogP contribution is -2.37. The number of carbonyl (C=O) groups is 1. The molecule has 4 rings (SSSR count). The summed E-state index contributed by atoms with van der Waals surface area (Å²) in [4.78, 5) is 12.8. The third-order valence-corrected chi connectivity index (χ3v) is 5.95. The average Bonchev–Trinajstić information content (AvgIpc) is 2.97. The fourth-order valence-electron chi connectivity index (χ4n) is 5.03. The number of fused-ring (bicyclic) bond motifs is 4. The monoisotopic (exact) mass is 280 g/mol. The zero-order valence-electron chi connectivity index (χ0n) is 13.3. The number of hydrogen-bond acceptors (Lipinski definition) is 1. The molecule has 1 fully saturated rings. The van der Waals surface area contributed by atoms with Crippen molar-refractivity contribution >= 4 is 5.78 Å². The first kappa shape index (κ1) is 13.3. The number of carbonyl (C=O) groups excluding carboxylic acids is 1. The SMILES string of the molecule is CC(C)(C)c1cccc2c1CC1(CC2=O)CC2C=CC1C2. The van der Waals surface area contributed by atoms with Gasteiger partial charge in [0.15, 0.2) is 5.78 Å². The van der Waals surface area contributed by atoms with Crippen molar-refractivity contribution in [1.29, 1.82) is 0 Å². The first-order chi connectivity index (χ1) is 9.89. The summed E-state index contributed by atoms with van der Waals surface area (Å²) in [5, 5.41) is 0. The zero-order valence-corrected chi connectivity index (χ0v) is 13.3. The van der Waals surface area contributed by atoms with Crippen LogP contribution in [0.3, 0.4) is 0 Å². The molecular weight excluding hydrogens is 256 g/mol. The molecule has 0 amide bonds. The summed E-state index contributed by atoms with van der Waals surface area (Å²) >= 11 is 0. The Morgan fingerprint density at radius 3 is 2.57 bits per heavy atom. The maximum absolute atomic E-state index is 12.8. The van der Waals surface area contributed by atoms with Crippen molar-refractivity contribution in [2.45, 2.75) is 51.9 Å². The average molecular weight is 280 g/mol. The van der Waals surface area contributed by atoms with Crippen molar-refractivity contribution in [3.05, 3.63) is 47.0 Å². The number of benzene rings is 1. The van der Waals surface area contributed by atoms with E-state index in [0.717, 1.165) is 24.3 Å². The van der Waals surface area contributed by atoms with Crippen LogP contribution in [-0.4, -0.2) is 5.78 Å². The Bertz CT molecular complexity index is 646. The highest BCUT2D eigenvalue weighted by Crippen LogP contribution is 2.58. The van der Waals surface area contributed by atoms with Crippen LogP contribution in [0, 0.1) is 17.3 Å². The van der Waals surface area contributed by atoms with E-state index in [1.807, 2.05) is 6.07 Å². The van der Waals surface area contributed by atoms with Crippen molar-refractivity contribution in [2.24, 2.45) is 17.3 Å². The molecule has 0 heterocycles. The fourth-order valence-corrected chi connectivity index (χ4v) is 5.03. The topological polar surface area (TPSA) is 17.1 Å². The molecule has 3 atom stereocenters. The van der Waals surface area contributed by atoms with E-state index in [4.69, 9.17) is 0 Å². The molecule has 1 saturated carbocycles. The maximum Gasteiger partial charge on any atom is 0.163 e. The van der Waals surface area contributed by atoms with E-state index in [0.29, 0.717) is 11.7 Å². The molecule has 0 N–H and O–H groups in total. The summed E-state index contributed by atoms with van der Waals surface area (Å²) in [7, 11) is 0. The lowest BCUT2D eigenvalue weighted by atomic mass is 9.62. The second kappa shape index (κ2) is 4.09. The van der Waals surface area contributed by atoms with Crippen molar-refractivity contribution in [3.8, 4) is 0 Å². The maximum atomic E-state index is 12.8. The Kier molecular flexibility index (Phi) is 2.59. The Morgan fingerprint density at radius 1 is 1.14 bits per heavy atom. The smallest absolute Gasteiger partial charge is 0.163 e. The van der Waals surface area contributed by atoms with Gasteiger partial charge in [-0.25, -0.2) is 0 Å². The van der Waals surface area contributed by atoms with Crippen molar-refractivity contribution in [2.75, 3.05) is 0 Å². The molecule has 0 saturated heterocycles. The minimum absolute atomic E-state index is 0.109. The molecule has 1 nitrogen and oxygen atoms in total. The molecule has 0 radical (unpaired) electrons. The van der Waals surface area contributed by atoms with Crippen LogP contribution in [0.1, 0.15) is 61.5 Å². The summed E-state index contributed by atoms with van der Waals surface area (Å²) < 4.78 is 0. The molecular formula is C20H24O. The molecule has 1 aromatic carbocycles. The Morgan fingerprint density at radius 2 is 1.95 bits per heavy atom. The third kappa shape index (κ3) is 1.86. The molecule has 110 valence electrons. The third-order valence-electron chi connectivity index (χ3n) is 5.95. The number of Topliss-reactive ketones (excluding diaryl/α,β-unsaturated/α-hetero) is 1. The van der Waals surface area contributed by atoms with Crippen LogP contribution >= 0.6 is 0 Å². The van der Waals surface area contributed by atoms with Gasteiger partial charge in [-0.1, -0.05) is 51.1 Å². The second-order valence-electron chi connectivity index (χ2n) is 8.41. The van der Waals surface area contributed by atoms with E-state index < -0.39 is 0 Å². The van der Waals surface area contributed by atoms with Gasteiger partial charge in [0.1, 0.15) is 0 Å². The van der Waals surface area contributed by atoms with Crippen molar-refractivity contribution in [1.82, 2.24) is 0 Å². The largest absolute Gasteiger partial charge is 0.294 e. The van der Waals surface area contributed by atoms with E-state index in [1.54, 1.807) is 0 Å². The zero-order chi connectivity index (χ0) is 14.8. The summed E-state index contributed by atoms with van der Waals surface area (Å²) in [6.07, 6.45) is 9.14. The standard InChI is InChI=1S/C20H24O/c1-19(2,3)17-6-4-5-15-16(17)11-20(12-18(15)21)10-13-7-8-14(20)9-13/h4-8,13-14H,9-12H2,1-3H3. The molecule has 2 bridgehead atoms. The minimum atomic E-state index is 0.109. The molecule has 3 aliphatic carbocycles. The van der Waals surface area contributed by atoms with Crippen LogP contribution in [-0.2, 0) is 11.8 Å². The highest BCUT2D eigenvalue weighted by atomic mass is 16.1. The van der Waals surface area contributed by atoms with Gasteiger partial charge in [0, 0.05) is 12.0 Å². The molecule has 1 spiro atoms. The first-order valence-corrected chi connectivity index (χ1v) is 8.23. The van der Waals surface area contributed by atoms with Crippen LogP contribution < -0.4 is 0 Å². The highest BCUT2D eigenvalue weighted by Gasteiger charge is 2.51. The van der Waals surface area contributed by atoms with Crippen LogP contribution in [0.5, 0.6) is 0 Å². The second-order valence-corrected chi connectivity index (χ2v) is 8.41. The van der Waals surface area contributed by atoms with Crippen molar-refractivity contribution < 1.29 is 4.79 Å². The van der Waals surface area contributed by atoms with Gasteiger partial charge < -0.3 is 0 Å². The summed E-state index contributed by atoms with van der Waals surface area (Å²) in [6.45, 7) is 6.78. The quantitative estimate of drug-likeness (QED) is 0.630. The van der Waals surface area contributed by atoms with Gasteiger partial charge in [0.2, 0.25) is 0 Å². The number of ketones is 1. The lowest BCUT2D eigenvalue weighted by molar-refractivity contribution is 0.0847. The Hall–Kier alpha value is -1.37. The van der Waals surface area contributed by atoms with Gasteiger partial charge in [-0.2, -0.15) is 0 Å². The van der Waals surface area contributed by atoms with E-state index in [2.05, 4.69) is 45.1 Å². The number of rotatable bonds is 0. The summed E-state index contributed by atoms with van der Waals surface area (Å²) in [5.74, 6) is 1.74. The van der Waals surface area contributed by atoms with Gasteiger partial charge in [-0.15, -0.1) is 0 Å². The molecule has 1 aromatic rings. The number of hydrogen-bond donors (Lipinski definition) is 0. The molecule has 1 heteroatoms. The van der Waals surface area contributed by atoms with Crippen LogP contribution in [0.4, 0.5) is 0 Å². The minimum Gasteiger partial charge on any atom is -0.294 e. The lowest BCUT2D eigenvalue weighted by Gasteiger charge is -2.41. The fraction of sp³-hybridized carbons (Fsp3) is 0.550. The van der Waals surface area contributed by atoms with Crippen LogP contribution in [0.2, 0.25) is 0 Å². The van der Waals surface area contributed by atoms with Gasteiger partial charge in [0.25, 0.3) is 0 Å². The molecule has 3 aliphatic rings. The van der Waals surface area contributed by atoms with Crippen molar-refractivity contribution in [3.63, 3.8) is 0 Å². The Balaban J connectivity index is 1.84. The Labute approximate surface area is 127 Å². The molecule has 0 aromatic heterocycles. The van der Waals surface area contributed by atoms with Crippen LogP contribution in [0.15, 0.2) is 30.4 Å². The van der Waals surface area contributed by atoms with E-state index in [1.165, 1.54) is 24.0 Å². The van der Waals surface area contributed by atoms with E-state index in [9.17, 15) is 4.79 Å². The van der Waals surface area contributed by atoms with Gasteiger partial charge >= 0.3 is 0 Å². The first-order valence-electron chi connectivity index (χ1n) is 8.23. The summed E-state index contributed by atoms with van der Waals surface area (Å²) in [6, 6.07) is 6.34. The van der Waals surface area contributed by atoms with E-state index in [-0.39, 0.29) is 10.8 Å². The van der Waals surface area contributed by atoms with Crippen LogP contribution in [0.25, 0.3) is 0 Å². The normalized spacial score (nSPS) is 33.8. The van der Waals surface area contributed by atoms with Gasteiger partial charge in [-0.3, -0.25) is 4.79 Å². The predicted molar refractivity (Wildman–Crippen MR) is 85.6 cm³/mol. The highest BCUT2D eigenvalue weighted by molar-refractivity contribution is 5.99. The molecule has 21 heavy (non-hydrogen) atoms. The van der Waals surface area contributed by atoms with Gasteiger partial charge in [0.05, 0.1) is 0 Å².